The molecule has 0 unspecified atom stereocenters. The van der Waals surface area contributed by atoms with E-state index < -0.39 is 17.6 Å². The molecule has 0 spiro atoms. The molecule has 1 aromatic heterocycles. The summed E-state index contributed by atoms with van der Waals surface area (Å²) in [5.41, 5.74) is -0.0620. The van der Waals surface area contributed by atoms with Gasteiger partial charge in [0, 0.05) is 6.42 Å². The van der Waals surface area contributed by atoms with Gasteiger partial charge in [-0.3, -0.25) is 0 Å². The molecule has 0 fully saturated rings. The van der Waals surface area contributed by atoms with Crippen LogP contribution in [0.25, 0.3) is 0 Å². The Morgan fingerprint density at radius 2 is 1.85 bits per heavy atom. The van der Waals surface area contributed by atoms with Crippen molar-refractivity contribution in [1.82, 2.24) is 0 Å². The summed E-state index contributed by atoms with van der Waals surface area (Å²) in [7, 11) is 0. The van der Waals surface area contributed by atoms with Crippen LogP contribution >= 0.6 is 0 Å². The molecule has 0 aliphatic heterocycles. The van der Waals surface area contributed by atoms with E-state index in [9.17, 15) is 18.0 Å². The van der Waals surface area contributed by atoms with Crippen molar-refractivity contribution in [2.45, 2.75) is 19.2 Å². The van der Waals surface area contributed by atoms with Crippen molar-refractivity contribution in [2.24, 2.45) is 0 Å². The summed E-state index contributed by atoms with van der Waals surface area (Å²) < 4.78 is 51.4. The highest BCUT2D eigenvalue weighted by Crippen LogP contribution is 2.29. The first kappa shape index (κ1) is 14.4. The molecule has 0 saturated heterocycles. The van der Waals surface area contributed by atoms with Gasteiger partial charge in [-0.2, -0.15) is 13.2 Å². The summed E-state index contributed by atoms with van der Waals surface area (Å²) in [5.74, 6) is -0.412. The number of ether oxygens (including phenoxy) is 1. The summed E-state index contributed by atoms with van der Waals surface area (Å²) in [5, 5.41) is 0. The molecule has 7 heteroatoms. The second-order valence-electron chi connectivity index (χ2n) is 4.05. The van der Waals surface area contributed by atoms with Crippen LogP contribution in [0.15, 0.2) is 44.2 Å². The Labute approximate surface area is 111 Å². The van der Waals surface area contributed by atoms with E-state index in [0.29, 0.717) is 17.7 Å². The molecule has 0 aliphatic carbocycles. The quantitative estimate of drug-likeness (QED) is 0.794. The van der Waals surface area contributed by atoms with E-state index in [4.69, 9.17) is 4.74 Å². The molecule has 0 amide bonds. The molecule has 20 heavy (non-hydrogen) atoms. The Morgan fingerprint density at radius 3 is 2.40 bits per heavy atom. The predicted octanol–water partition coefficient (Wildman–Crippen LogP) is 3.01. The Bertz CT molecular complexity index is 595. The van der Waals surface area contributed by atoms with Gasteiger partial charge in [0.15, 0.2) is 0 Å². The largest absolute Gasteiger partial charge is 0.518 e. The maximum Gasteiger partial charge on any atom is 0.518 e. The highest BCUT2D eigenvalue weighted by molar-refractivity contribution is 5.24. The Morgan fingerprint density at radius 1 is 1.15 bits per heavy atom. The Kier molecular flexibility index (Phi) is 4.29. The summed E-state index contributed by atoms with van der Waals surface area (Å²) in [6.45, 7) is 0.448. The van der Waals surface area contributed by atoms with Gasteiger partial charge in [-0.15, -0.1) is 0 Å². The first-order valence-electron chi connectivity index (χ1n) is 5.76. The average molecular weight is 288 g/mol. The number of rotatable bonds is 5. The van der Waals surface area contributed by atoms with Gasteiger partial charge in [-0.05, 0) is 17.7 Å². The van der Waals surface area contributed by atoms with Crippen LogP contribution < -0.4 is 5.82 Å². The summed E-state index contributed by atoms with van der Waals surface area (Å²) in [6, 6.07) is 4.74. The maximum absolute atomic E-state index is 12.3. The van der Waals surface area contributed by atoms with Crippen molar-refractivity contribution >= 4 is 0 Å². The van der Waals surface area contributed by atoms with Gasteiger partial charge in [0.05, 0.1) is 18.8 Å². The number of halogens is 3. The third kappa shape index (κ3) is 3.99. The van der Waals surface area contributed by atoms with E-state index >= 15 is 0 Å². The number of hydrogen-bond acceptors (Lipinski definition) is 4. The molecule has 108 valence electrons. The highest BCUT2D eigenvalue weighted by atomic mass is 19.4. The van der Waals surface area contributed by atoms with Gasteiger partial charge in [0.25, 0.3) is 0 Å². The lowest BCUT2D eigenvalue weighted by Gasteiger charge is -2.07. The van der Waals surface area contributed by atoms with Crippen molar-refractivity contribution in [2.75, 3.05) is 6.61 Å². The van der Waals surface area contributed by atoms with Crippen molar-refractivity contribution in [3.63, 3.8) is 0 Å². The molecule has 4 nitrogen and oxygen atoms in total. The van der Waals surface area contributed by atoms with Crippen molar-refractivity contribution in [1.29, 1.82) is 0 Å². The number of hydrogen-bond donors (Lipinski definition) is 0. The zero-order valence-electron chi connectivity index (χ0n) is 10.3. The molecule has 0 atom stereocenters. The Hall–Kier alpha value is -2.02. The fourth-order valence-corrected chi connectivity index (χ4v) is 1.53. The van der Waals surface area contributed by atoms with E-state index in [-0.39, 0.29) is 13.2 Å². The zero-order valence-corrected chi connectivity index (χ0v) is 10.3. The minimum Gasteiger partial charge on any atom is -0.399 e. The van der Waals surface area contributed by atoms with Gasteiger partial charge in [0.2, 0.25) is 0 Å². The van der Waals surface area contributed by atoms with E-state index in [1.807, 2.05) is 0 Å². The van der Waals surface area contributed by atoms with Crippen LogP contribution in [0.3, 0.4) is 0 Å². The standard InChI is InChI=1S/C13H11F3O4/c14-13(15,16)10-3-1-9(2-4-10)7-18-6-5-11-8-19-12(17)20-11/h1-4,8H,5-7H2. The fraction of sp³-hybridized carbons (Fsp3) is 0.308. The zero-order chi connectivity index (χ0) is 14.6. The lowest BCUT2D eigenvalue weighted by atomic mass is 10.1. The van der Waals surface area contributed by atoms with Crippen molar-refractivity contribution in [3.05, 3.63) is 58.0 Å². The van der Waals surface area contributed by atoms with Gasteiger partial charge in [0.1, 0.15) is 12.0 Å². The monoisotopic (exact) mass is 288 g/mol. The van der Waals surface area contributed by atoms with Crippen LogP contribution in [0.1, 0.15) is 16.9 Å². The predicted molar refractivity (Wildman–Crippen MR) is 62.0 cm³/mol. The number of alkyl halides is 3. The molecule has 0 N–H and O–H groups in total. The lowest BCUT2D eigenvalue weighted by molar-refractivity contribution is -0.137. The molecular formula is C13H11F3O4. The van der Waals surface area contributed by atoms with E-state index in [1.165, 1.54) is 18.4 Å². The molecule has 0 aliphatic rings. The minimum absolute atomic E-state index is 0.181. The molecule has 0 radical (unpaired) electrons. The van der Waals surface area contributed by atoms with E-state index in [1.54, 1.807) is 0 Å². The van der Waals surface area contributed by atoms with Crippen LogP contribution in [0, 0.1) is 0 Å². The lowest BCUT2D eigenvalue weighted by Crippen LogP contribution is -2.05. The van der Waals surface area contributed by atoms with Gasteiger partial charge < -0.3 is 13.6 Å². The molecule has 2 aromatic rings. The fourth-order valence-electron chi connectivity index (χ4n) is 1.53. The first-order chi connectivity index (χ1) is 9.45. The van der Waals surface area contributed by atoms with Crippen LogP contribution in [-0.2, 0) is 23.9 Å². The molecule has 1 heterocycles. The summed E-state index contributed by atoms with van der Waals surface area (Å²) >= 11 is 0. The smallest absolute Gasteiger partial charge is 0.399 e. The second-order valence-corrected chi connectivity index (χ2v) is 4.05. The normalized spacial score (nSPS) is 11.8. The maximum atomic E-state index is 12.3. The molecule has 1 aromatic carbocycles. The van der Waals surface area contributed by atoms with Gasteiger partial charge in [-0.25, -0.2) is 4.79 Å². The van der Waals surface area contributed by atoms with E-state index in [0.717, 1.165) is 12.1 Å². The Balaban J connectivity index is 1.78. The second kappa shape index (κ2) is 5.96. The topological polar surface area (TPSA) is 52.6 Å². The van der Waals surface area contributed by atoms with Gasteiger partial charge >= 0.3 is 12.0 Å². The van der Waals surface area contributed by atoms with Crippen molar-refractivity contribution in [3.8, 4) is 0 Å². The van der Waals surface area contributed by atoms with Gasteiger partial charge in [-0.1, -0.05) is 12.1 Å². The molecule has 0 saturated carbocycles. The highest BCUT2D eigenvalue weighted by Gasteiger charge is 2.29. The van der Waals surface area contributed by atoms with E-state index in [2.05, 4.69) is 8.83 Å². The summed E-state index contributed by atoms with van der Waals surface area (Å²) in [6.07, 6.45) is -2.78. The molecule has 2 rings (SSSR count). The van der Waals surface area contributed by atoms with Crippen molar-refractivity contribution < 1.29 is 26.7 Å². The third-order valence-corrected chi connectivity index (χ3v) is 2.54. The van der Waals surface area contributed by atoms with Crippen LogP contribution in [0.5, 0.6) is 0 Å². The first-order valence-corrected chi connectivity index (χ1v) is 5.76. The van der Waals surface area contributed by atoms with Crippen LogP contribution in [0.4, 0.5) is 13.2 Å². The third-order valence-electron chi connectivity index (χ3n) is 2.54. The minimum atomic E-state index is -4.34. The van der Waals surface area contributed by atoms with Crippen LogP contribution in [0.2, 0.25) is 0 Å². The average Bonchev–Trinajstić information content (AvgIpc) is 2.80. The summed E-state index contributed by atoms with van der Waals surface area (Å²) in [4.78, 5) is 10.6. The van der Waals surface area contributed by atoms with Crippen LogP contribution in [-0.4, -0.2) is 6.61 Å². The number of benzene rings is 1. The SMILES string of the molecule is O=c1occ(CCOCc2ccc(C(F)(F)F)cc2)o1. The molecular weight excluding hydrogens is 277 g/mol. The molecule has 0 bridgehead atoms.